The highest BCUT2D eigenvalue weighted by atomic mass is 16.4. The lowest BCUT2D eigenvalue weighted by Gasteiger charge is -2.07. The van der Waals surface area contributed by atoms with Gasteiger partial charge in [0.2, 0.25) is 0 Å². The second kappa shape index (κ2) is 4.29. The highest BCUT2D eigenvalue weighted by Gasteiger charge is 2.14. The van der Waals surface area contributed by atoms with Crippen LogP contribution < -0.4 is 0 Å². The molecule has 0 fully saturated rings. The van der Waals surface area contributed by atoms with Crippen molar-refractivity contribution in [1.82, 2.24) is 9.55 Å². The zero-order valence-electron chi connectivity index (χ0n) is 9.32. The first-order valence-corrected chi connectivity index (χ1v) is 4.89. The summed E-state index contributed by atoms with van der Waals surface area (Å²) in [4.78, 5) is 14.8. The van der Waals surface area contributed by atoms with Gasteiger partial charge in [-0.25, -0.2) is 9.78 Å². The van der Waals surface area contributed by atoms with Crippen LogP contribution in [0.2, 0.25) is 0 Å². The van der Waals surface area contributed by atoms with Crippen molar-refractivity contribution in [3.8, 4) is 0 Å². The monoisotopic (exact) mass is 208 g/mol. The fourth-order valence-corrected chi connectivity index (χ4v) is 1.36. The Kier molecular flexibility index (Phi) is 3.29. The van der Waals surface area contributed by atoms with Gasteiger partial charge in [0.1, 0.15) is 5.82 Å². The lowest BCUT2D eigenvalue weighted by atomic mass is 10.1. The molecule has 1 aromatic rings. The quantitative estimate of drug-likeness (QED) is 0.825. The van der Waals surface area contributed by atoms with Crippen molar-refractivity contribution in [1.29, 1.82) is 0 Å². The Morgan fingerprint density at radius 3 is 2.67 bits per heavy atom. The Hall–Kier alpha value is -1.58. The molecule has 0 radical (unpaired) electrons. The molecule has 0 amide bonds. The molecule has 0 bridgehead atoms. The van der Waals surface area contributed by atoms with Crippen LogP contribution in [0.3, 0.4) is 0 Å². The number of rotatable bonds is 4. The van der Waals surface area contributed by atoms with Crippen LogP contribution >= 0.6 is 0 Å². The maximum atomic E-state index is 10.8. The molecule has 1 heterocycles. The molecule has 0 saturated carbocycles. The molecule has 0 saturated heterocycles. The number of nitrogens with zero attached hydrogens (tertiary/aromatic N) is 2. The van der Waals surface area contributed by atoms with E-state index in [1.165, 1.54) is 6.20 Å². The molecule has 1 aromatic heterocycles. The Morgan fingerprint density at radius 2 is 2.27 bits per heavy atom. The molecular weight excluding hydrogens is 192 g/mol. The first kappa shape index (κ1) is 11.5. The summed E-state index contributed by atoms with van der Waals surface area (Å²) >= 11 is 0. The standard InChI is InChI=1S/C11H16N2O2/c1-7(2)5-10-12-9(11(14)15)6-13(10)8(3)4/h6-7H,3,5H2,1-2,4H3,(H,14,15). The lowest BCUT2D eigenvalue weighted by molar-refractivity contribution is 0.0691. The molecule has 4 heteroatoms. The summed E-state index contributed by atoms with van der Waals surface area (Å²) < 4.78 is 1.74. The van der Waals surface area contributed by atoms with Crippen molar-refractivity contribution in [2.24, 2.45) is 5.92 Å². The number of aromatic carboxylic acids is 1. The number of aromatic nitrogens is 2. The Morgan fingerprint density at radius 1 is 1.67 bits per heavy atom. The SMILES string of the molecule is C=C(C)n1cc(C(=O)O)nc1CC(C)C. The van der Waals surface area contributed by atoms with Gasteiger partial charge < -0.3 is 9.67 Å². The van der Waals surface area contributed by atoms with E-state index in [2.05, 4.69) is 25.4 Å². The molecule has 0 unspecified atom stereocenters. The second-order valence-electron chi connectivity index (χ2n) is 4.05. The van der Waals surface area contributed by atoms with Crippen molar-refractivity contribution < 1.29 is 9.90 Å². The average Bonchev–Trinajstić information content (AvgIpc) is 2.46. The minimum atomic E-state index is -1.000. The van der Waals surface area contributed by atoms with E-state index < -0.39 is 5.97 Å². The van der Waals surface area contributed by atoms with Crippen molar-refractivity contribution in [2.75, 3.05) is 0 Å². The van der Waals surface area contributed by atoms with E-state index in [0.717, 1.165) is 17.9 Å². The van der Waals surface area contributed by atoms with Crippen LogP contribution in [-0.4, -0.2) is 20.6 Å². The molecular formula is C11H16N2O2. The van der Waals surface area contributed by atoms with Crippen LogP contribution in [0.25, 0.3) is 5.70 Å². The number of hydrogen-bond donors (Lipinski definition) is 1. The summed E-state index contributed by atoms with van der Waals surface area (Å²) in [6.45, 7) is 9.76. The predicted molar refractivity (Wildman–Crippen MR) is 58.7 cm³/mol. The normalized spacial score (nSPS) is 10.7. The molecule has 0 aromatic carbocycles. The van der Waals surface area contributed by atoms with Crippen molar-refractivity contribution in [2.45, 2.75) is 27.2 Å². The van der Waals surface area contributed by atoms with Gasteiger partial charge in [-0.3, -0.25) is 0 Å². The molecule has 1 rings (SSSR count). The number of imidazole rings is 1. The van der Waals surface area contributed by atoms with E-state index in [1.807, 2.05) is 6.92 Å². The number of carboxylic acid groups (broad SMARTS) is 1. The summed E-state index contributed by atoms with van der Waals surface area (Å²) in [7, 11) is 0. The third-order valence-corrected chi connectivity index (χ3v) is 2.00. The Labute approximate surface area is 89.3 Å². The van der Waals surface area contributed by atoms with Crippen LogP contribution in [0.5, 0.6) is 0 Å². The zero-order chi connectivity index (χ0) is 11.6. The smallest absolute Gasteiger partial charge is 0.356 e. The molecule has 4 nitrogen and oxygen atoms in total. The average molecular weight is 208 g/mol. The summed E-state index contributed by atoms with van der Waals surface area (Å²) in [5.41, 5.74) is 0.860. The fourth-order valence-electron chi connectivity index (χ4n) is 1.36. The maximum absolute atomic E-state index is 10.8. The van der Waals surface area contributed by atoms with Crippen LogP contribution in [-0.2, 0) is 6.42 Å². The van der Waals surface area contributed by atoms with Crippen molar-refractivity contribution in [3.05, 3.63) is 24.3 Å². The van der Waals surface area contributed by atoms with Gasteiger partial charge in [-0.2, -0.15) is 0 Å². The molecule has 1 N–H and O–H groups in total. The summed E-state index contributed by atoms with van der Waals surface area (Å²) in [5, 5.41) is 8.83. The molecule has 0 atom stereocenters. The molecule has 0 aliphatic carbocycles. The highest BCUT2D eigenvalue weighted by Crippen LogP contribution is 2.13. The second-order valence-corrected chi connectivity index (χ2v) is 4.05. The van der Waals surface area contributed by atoms with E-state index in [9.17, 15) is 4.79 Å². The van der Waals surface area contributed by atoms with Gasteiger partial charge in [0.25, 0.3) is 0 Å². The molecule has 82 valence electrons. The van der Waals surface area contributed by atoms with Gasteiger partial charge in [0.05, 0.1) is 0 Å². The Balaban J connectivity index is 3.11. The third kappa shape index (κ3) is 2.68. The van der Waals surface area contributed by atoms with Crippen LogP contribution in [0.4, 0.5) is 0 Å². The Bertz CT molecular complexity index is 391. The molecule has 0 aliphatic rings. The molecule has 0 spiro atoms. The number of carboxylic acids is 1. The lowest BCUT2D eigenvalue weighted by Crippen LogP contribution is -2.03. The van der Waals surface area contributed by atoms with E-state index >= 15 is 0 Å². The summed E-state index contributed by atoms with van der Waals surface area (Å²) in [6, 6.07) is 0. The number of carbonyl (C=O) groups is 1. The maximum Gasteiger partial charge on any atom is 0.356 e. The first-order valence-electron chi connectivity index (χ1n) is 4.89. The summed E-state index contributed by atoms with van der Waals surface area (Å²) in [6.07, 6.45) is 2.27. The van der Waals surface area contributed by atoms with E-state index in [4.69, 9.17) is 5.11 Å². The van der Waals surface area contributed by atoms with Gasteiger partial charge in [0.15, 0.2) is 5.69 Å². The van der Waals surface area contributed by atoms with Crippen LogP contribution in [0.15, 0.2) is 12.8 Å². The molecule has 0 aliphatic heterocycles. The van der Waals surface area contributed by atoms with Gasteiger partial charge in [-0.1, -0.05) is 20.4 Å². The van der Waals surface area contributed by atoms with E-state index in [1.54, 1.807) is 4.57 Å². The van der Waals surface area contributed by atoms with Gasteiger partial charge in [0, 0.05) is 18.3 Å². The predicted octanol–water partition coefficient (Wildman–Crippen LogP) is 2.27. The highest BCUT2D eigenvalue weighted by molar-refractivity contribution is 5.85. The van der Waals surface area contributed by atoms with Gasteiger partial charge >= 0.3 is 5.97 Å². The summed E-state index contributed by atoms with van der Waals surface area (Å²) in [5.74, 6) is 0.196. The minimum absolute atomic E-state index is 0.0775. The van der Waals surface area contributed by atoms with Crippen LogP contribution in [0, 0.1) is 5.92 Å². The minimum Gasteiger partial charge on any atom is -0.476 e. The third-order valence-electron chi connectivity index (χ3n) is 2.00. The van der Waals surface area contributed by atoms with Gasteiger partial charge in [-0.15, -0.1) is 0 Å². The van der Waals surface area contributed by atoms with E-state index in [0.29, 0.717) is 5.92 Å². The fraction of sp³-hybridized carbons (Fsp3) is 0.455. The number of hydrogen-bond acceptors (Lipinski definition) is 2. The largest absolute Gasteiger partial charge is 0.476 e. The van der Waals surface area contributed by atoms with Crippen molar-refractivity contribution >= 4 is 11.7 Å². The van der Waals surface area contributed by atoms with Crippen molar-refractivity contribution in [3.63, 3.8) is 0 Å². The van der Waals surface area contributed by atoms with Gasteiger partial charge in [-0.05, 0) is 12.8 Å². The topological polar surface area (TPSA) is 55.1 Å². The zero-order valence-corrected chi connectivity index (χ0v) is 9.32. The molecule has 15 heavy (non-hydrogen) atoms. The van der Waals surface area contributed by atoms with E-state index in [-0.39, 0.29) is 5.69 Å². The number of allylic oxidation sites excluding steroid dienone is 1. The first-order chi connectivity index (χ1) is 6.91. The van der Waals surface area contributed by atoms with Crippen LogP contribution in [0.1, 0.15) is 37.1 Å².